The summed E-state index contributed by atoms with van der Waals surface area (Å²) in [7, 11) is 4.91. The van der Waals surface area contributed by atoms with Gasteiger partial charge in [0.05, 0.1) is 18.7 Å². The summed E-state index contributed by atoms with van der Waals surface area (Å²) in [4.78, 5) is 38.7. The number of nitrogens with zero attached hydrogens (tertiary/aromatic N) is 4. The van der Waals surface area contributed by atoms with Crippen molar-refractivity contribution in [1.29, 1.82) is 0 Å². The van der Waals surface area contributed by atoms with Crippen LogP contribution in [0, 0.1) is 11.3 Å². The lowest BCUT2D eigenvalue weighted by Crippen LogP contribution is -2.50. The standard InChI is InChI=1S/C29H38F3N5O5/c1-28(2,3)20-21(34-14-16-13-17(29(30,31)32)15-35-25(16)41-6)22(18-9-7-11-33-24(18)36(4)5)37(23(20)27(39)40)26(38)19-10-8-12-42-19/h7,9,11,13,15,19-23,34H,8,10,12,14H2,1-6H3,(H,39,40)/t19-,20-,21-,22?,23-/m0/s1. The van der Waals surface area contributed by atoms with Crippen LogP contribution < -0.4 is 15.0 Å². The summed E-state index contributed by atoms with van der Waals surface area (Å²) < 4.78 is 51.7. The first-order valence-corrected chi connectivity index (χ1v) is 13.8. The minimum Gasteiger partial charge on any atom is -0.481 e. The maximum absolute atomic E-state index is 14.1. The molecule has 2 fully saturated rings. The van der Waals surface area contributed by atoms with Crippen molar-refractivity contribution in [3.05, 3.63) is 47.3 Å². The third kappa shape index (κ3) is 6.17. The minimum atomic E-state index is -4.62. The van der Waals surface area contributed by atoms with E-state index in [1.54, 1.807) is 37.3 Å². The Labute approximate surface area is 243 Å². The van der Waals surface area contributed by atoms with E-state index in [0.29, 0.717) is 37.0 Å². The number of hydrogen-bond donors (Lipinski definition) is 2. The van der Waals surface area contributed by atoms with Crippen LogP contribution in [0.3, 0.4) is 0 Å². The number of anilines is 1. The number of amides is 1. The normalized spacial score (nSPS) is 24.6. The fourth-order valence-corrected chi connectivity index (χ4v) is 6.20. The molecule has 10 nitrogen and oxygen atoms in total. The maximum atomic E-state index is 14.1. The summed E-state index contributed by atoms with van der Waals surface area (Å²) >= 11 is 0. The lowest BCUT2D eigenvalue weighted by molar-refractivity contribution is -0.156. The molecule has 2 aliphatic rings. The van der Waals surface area contributed by atoms with Crippen LogP contribution >= 0.6 is 0 Å². The van der Waals surface area contributed by atoms with E-state index in [-0.39, 0.29) is 18.0 Å². The van der Waals surface area contributed by atoms with Crippen LogP contribution in [0.5, 0.6) is 5.88 Å². The molecule has 13 heteroatoms. The minimum absolute atomic E-state index is 0.00906. The zero-order valence-electron chi connectivity index (χ0n) is 24.6. The van der Waals surface area contributed by atoms with Gasteiger partial charge < -0.3 is 29.7 Å². The number of carbonyl (C=O) groups excluding carboxylic acids is 1. The number of pyridine rings is 2. The van der Waals surface area contributed by atoms with Gasteiger partial charge in [-0.05, 0) is 30.4 Å². The lowest BCUT2D eigenvalue weighted by atomic mass is 9.72. The number of carboxylic acids is 1. The summed E-state index contributed by atoms with van der Waals surface area (Å²) in [6, 6.07) is 1.69. The van der Waals surface area contributed by atoms with E-state index in [9.17, 15) is 27.9 Å². The molecule has 230 valence electrons. The molecule has 0 saturated carbocycles. The number of rotatable bonds is 8. The molecule has 2 N–H and O–H groups in total. The Balaban J connectivity index is 1.89. The molecule has 5 atom stereocenters. The molecule has 0 aliphatic carbocycles. The number of alkyl halides is 3. The van der Waals surface area contributed by atoms with Gasteiger partial charge in [-0.25, -0.2) is 14.8 Å². The molecule has 2 aromatic rings. The highest BCUT2D eigenvalue weighted by Crippen LogP contribution is 2.50. The summed E-state index contributed by atoms with van der Waals surface area (Å²) in [5.41, 5.74) is -0.829. The molecule has 0 bridgehead atoms. The molecule has 42 heavy (non-hydrogen) atoms. The zero-order valence-corrected chi connectivity index (χ0v) is 24.6. The number of carboxylic acid groups (broad SMARTS) is 1. The van der Waals surface area contributed by atoms with Crippen LogP contribution in [0.4, 0.5) is 19.0 Å². The number of halogens is 3. The number of nitrogens with one attached hydrogen (secondary N) is 1. The van der Waals surface area contributed by atoms with E-state index in [0.717, 1.165) is 6.07 Å². The highest BCUT2D eigenvalue weighted by atomic mass is 19.4. The Bertz CT molecular complexity index is 1290. The average Bonchev–Trinajstić information content (AvgIpc) is 3.57. The first-order valence-electron chi connectivity index (χ1n) is 13.8. The van der Waals surface area contributed by atoms with Gasteiger partial charge >= 0.3 is 12.1 Å². The van der Waals surface area contributed by atoms with Crippen LogP contribution in [-0.2, 0) is 27.0 Å². The number of aromatic nitrogens is 2. The second-order valence-electron chi connectivity index (χ2n) is 12.0. The predicted octanol–water partition coefficient (Wildman–Crippen LogP) is 3.91. The fourth-order valence-electron chi connectivity index (χ4n) is 6.20. The van der Waals surface area contributed by atoms with Crippen molar-refractivity contribution >= 4 is 17.7 Å². The largest absolute Gasteiger partial charge is 0.481 e. The molecule has 1 unspecified atom stereocenters. The average molecular weight is 594 g/mol. The molecular formula is C29H38F3N5O5. The second-order valence-corrected chi connectivity index (χ2v) is 12.0. The van der Waals surface area contributed by atoms with Crippen molar-refractivity contribution in [2.45, 2.75) is 70.6 Å². The molecule has 1 amide bonds. The topological polar surface area (TPSA) is 117 Å². The summed E-state index contributed by atoms with van der Waals surface area (Å²) in [5, 5.41) is 14.0. The number of methoxy groups -OCH3 is 1. The van der Waals surface area contributed by atoms with E-state index in [1.165, 1.54) is 12.0 Å². The number of hydrogen-bond acceptors (Lipinski definition) is 8. The smallest absolute Gasteiger partial charge is 0.417 e. The monoisotopic (exact) mass is 593 g/mol. The van der Waals surface area contributed by atoms with Crippen LogP contribution in [0.1, 0.15) is 56.3 Å². The molecular weight excluding hydrogens is 555 g/mol. The molecule has 4 rings (SSSR count). The third-order valence-corrected chi connectivity index (χ3v) is 7.91. The number of likely N-dealkylation sites (tertiary alicyclic amines) is 1. The fraction of sp³-hybridized carbons (Fsp3) is 0.586. The van der Waals surface area contributed by atoms with Crippen molar-refractivity contribution in [2.24, 2.45) is 11.3 Å². The van der Waals surface area contributed by atoms with Gasteiger partial charge in [-0.15, -0.1) is 0 Å². The van der Waals surface area contributed by atoms with E-state index in [1.807, 2.05) is 20.8 Å². The second kappa shape index (κ2) is 12.0. The molecule has 2 saturated heterocycles. The Hall–Kier alpha value is -3.45. The predicted molar refractivity (Wildman–Crippen MR) is 148 cm³/mol. The quantitative estimate of drug-likeness (QED) is 0.470. The van der Waals surface area contributed by atoms with Crippen LogP contribution in [0.2, 0.25) is 0 Å². The van der Waals surface area contributed by atoms with E-state index >= 15 is 0 Å². The molecule has 2 aromatic heterocycles. The molecule has 2 aliphatic heterocycles. The van der Waals surface area contributed by atoms with Crippen molar-refractivity contribution in [3.8, 4) is 5.88 Å². The summed E-state index contributed by atoms with van der Waals surface area (Å²) in [6.07, 6.45) is -1.95. The van der Waals surface area contributed by atoms with Crippen molar-refractivity contribution in [1.82, 2.24) is 20.2 Å². The first kappa shape index (κ1) is 31.5. The van der Waals surface area contributed by atoms with Crippen molar-refractivity contribution in [2.75, 3.05) is 32.7 Å². The Morgan fingerprint density at radius 1 is 1.24 bits per heavy atom. The molecule has 4 heterocycles. The molecule has 0 aromatic carbocycles. The van der Waals surface area contributed by atoms with Gasteiger partial charge in [-0.1, -0.05) is 26.8 Å². The Morgan fingerprint density at radius 3 is 2.50 bits per heavy atom. The van der Waals surface area contributed by atoms with Gasteiger partial charge in [0.25, 0.3) is 5.91 Å². The SMILES string of the molecule is COc1ncc(C(F)(F)F)cc1CN[C@@H]1C(c2cccnc2N(C)C)N(C(=O)[C@@H]2CCCO2)[C@H](C(=O)O)[C@H]1C(C)(C)C. The zero-order chi connectivity index (χ0) is 31.0. The van der Waals surface area contributed by atoms with E-state index in [4.69, 9.17) is 9.47 Å². The number of carbonyl (C=O) groups is 2. The molecule has 0 radical (unpaired) electrons. The number of ether oxygens (including phenoxy) is 2. The van der Waals surface area contributed by atoms with Gasteiger partial charge in [0.1, 0.15) is 18.0 Å². The van der Waals surface area contributed by atoms with Gasteiger partial charge in [-0.2, -0.15) is 13.2 Å². The third-order valence-electron chi connectivity index (χ3n) is 7.91. The van der Waals surface area contributed by atoms with Crippen molar-refractivity contribution in [3.63, 3.8) is 0 Å². The Kier molecular flexibility index (Phi) is 9.02. The van der Waals surface area contributed by atoms with Crippen molar-refractivity contribution < 1.29 is 37.3 Å². The highest BCUT2D eigenvalue weighted by Gasteiger charge is 2.59. The highest BCUT2D eigenvalue weighted by molar-refractivity contribution is 5.88. The summed E-state index contributed by atoms with van der Waals surface area (Å²) in [5.74, 6) is -1.73. The van der Waals surface area contributed by atoms with E-state index < -0.39 is 59.2 Å². The summed E-state index contributed by atoms with van der Waals surface area (Å²) in [6.45, 7) is 5.95. The van der Waals surface area contributed by atoms with E-state index in [2.05, 4.69) is 15.3 Å². The lowest BCUT2D eigenvalue weighted by Gasteiger charge is -2.35. The van der Waals surface area contributed by atoms with Crippen LogP contribution in [0.15, 0.2) is 30.6 Å². The Morgan fingerprint density at radius 2 is 1.95 bits per heavy atom. The van der Waals surface area contributed by atoms with Gasteiger partial charge in [0.15, 0.2) is 0 Å². The molecule has 0 spiro atoms. The van der Waals surface area contributed by atoms with Crippen LogP contribution in [-0.4, -0.2) is 77.9 Å². The maximum Gasteiger partial charge on any atom is 0.417 e. The van der Waals surface area contributed by atoms with Gasteiger partial charge in [-0.3, -0.25) is 4.79 Å². The first-order chi connectivity index (χ1) is 19.7. The number of aliphatic carboxylic acids is 1. The van der Waals surface area contributed by atoms with Crippen LogP contribution in [0.25, 0.3) is 0 Å². The van der Waals surface area contributed by atoms with Gasteiger partial charge in [0.2, 0.25) is 5.88 Å². The van der Waals surface area contributed by atoms with Gasteiger partial charge in [0, 0.05) is 62.7 Å².